The Kier molecular flexibility index (Phi) is 2.95. The Morgan fingerprint density at radius 3 is 2.88 bits per heavy atom. The highest BCUT2D eigenvalue weighted by Gasteiger charge is 2.08. The molecule has 4 heteroatoms. The van der Waals surface area contributed by atoms with Gasteiger partial charge in [-0.2, -0.15) is 0 Å². The van der Waals surface area contributed by atoms with Crippen molar-refractivity contribution < 1.29 is 13.9 Å². The van der Waals surface area contributed by atoms with E-state index >= 15 is 0 Å². The van der Waals surface area contributed by atoms with Gasteiger partial charge in [-0.1, -0.05) is 11.6 Å². The van der Waals surface area contributed by atoms with E-state index in [-0.39, 0.29) is 12.0 Å². The Bertz CT molecular complexity index is 625. The second-order valence-electron chi connectivity index (χ2n) is 3.87. The molecule has 17 heavy (non-hydrogen) atoms. The molecule has 0 aliphatic rings. The molecule has 4 nitrogen and oxygen atoms in total. The number of hydrogen-bond acceptors (Lipinski definition) is 4. The van der Waals surface area contributed by atoms with Gasteiger partial charge >= 0.3 is 5.97 Å². The van der Waals surface area contributed by atoms with Crippen LogP contribution in [0, 0.1) is 6.92 Å². The summed E-state index contributed by atoms with van der Waals surface area (Å²) in [5.41, 5.74) is 1.70. The molecule has 0 saturated heterocycles. The number of hydrogen-bond donors (Lipinski definition) is 0. The summed E-state index contributed by atoms with van der Waals surface area (Å²) in [5, 5.41) is 0.509. The van der Waals surface area contributed by atoms with Crippen LogP contribution in [0.15, 0.2) is 33.7 Å². The quantitative estimate of drug-likeness (QED) is 0.744. The highest BCUT2D eigenvalue weighted by atomic mass is 16.5. The first kappa shape index (κ1) is 11.4. The first-order valence-electron chi connectivity index (χ1n) is 5.22. The maximum atomic E-state index is 12.0. The maximum Gasteiger partial charge on any atom is 0.302 e. The van der Waals surface area contributed by atoms with Crippen molar-refractivity contribution in [1.29, 1.82) is 0 Å². The average molecular weight is 232 g/mol. The average Bonchev–Trinajstić information content (AvgIpc) is 2.29. The van der Waals surface area contributed by atoms with Crippen LogP contribution in [0.4, 0.5) is 0 Å². The van der Waals surface area contributed by atoms with E-state index in [4.69, 9.17) is 9.15 Å². The Hall–Kier alpha value is -2.10. The summed E-state index contributed by atoms with van der Waals surface area (Å²) >= 11 is 0. The lowest BCUT2D eigenvalue weighted by Crippen LogP contribution is -2.11. The summed E-state index contributed by atoms with van der Waals surface area (Å²) in [7, 11) is 0. The standard InChI is InChI=1S/C13H12O4/c1-8-3-4-12-11(5-8)13(15)10(7-17-12)6-16-9(2)14/h3-5,7H,6H2,1-2H3. The van der Waals surface area contributed by atoms with Crippen LogP contribution in [0.2, 0.25) is 0 Å². The lowest BCUT2D eigenvalue weighted by molar-refractivity contribution is -0.142. The Labute approximate surface area is 97.8 Å². The molecule has 0 saturated carbocycles. The van der Waals surface area contributed by atoms with Crippen LogP contribution in [-0.2, 0) is 16.1 Å². The van der Waals surface area contributed by atoms with Gasteiger partial charge in [0, 0.05) is 6.92 Å². The normalized spacial score (nSPS) is 10.5. The lowest BCUT2D eigenvalue weighted by Gasteiger charge is -2.03. The molecule has 1 aromatic heterocycles. The van der Waals surface area contributed by atoms with Crippen LogP contribution < -0.4 is 5.43 Å². The largest absolute Gasteiger partial charge is 0.464 e. The molecule has 1 aromatic carbocycles. The van der Waals surface area contributed by atoms with E-state index in [1.54, 1.807) is 12.1 Å². The molecule has 0 aliphatic carbocycles. The summed E-state index contributed by atoms with van der Waals surface area (Å²) in [5.74, 6) is -0.422. The van der Waals surface area contributed by atoms with Crippen LogP contribution in [0.5, 0.6) is 0 Å². The first-order valence-corrected chi connectivity index (χ1v) is 5.22. The van der Waals surface area contributed by atoms with Crippen LogP contribution in [0.3, 0.4) is 0 Å². The Morgan fingerprint density at radius 1 is 1.41 bits per heavy atom. The Morgan fingerprint density at radius 2 is 2.18 bits per heavy atom. The fraction of sp³-hybridized carbons (Fsp3) is 0.231. The molecule has 88 valence electrons. The molecule has 0 N–H and O–H groups in total. The minimum absolute atomic E-state index is 0.0540. The molecule has 0 bridgehead atoms. The molecular weight excluding hydrogens is 220 g/mol. The van der Waals surface area contributed by atoms with E-state index in [0.29, 0.717) is 16.5 Å². The van der Waals surface area contributed by atoms with Crippen LogP contribution in [0.1, 0.15) is 18.1 Å². The van der Waals surface area contributed by atoms with Gasteiger partial charge < -0.3 is 9.15 Å². The summed E-state index contributed by atoms with van der Waals surface area (Å²) < 4.78 is 10.1. The Balaban J connectivity index is 2.49. The van der Waals surface area contributed by atoms with Gasteiger partial charge in [0.2, 0.25) is 0 Å². The molecule has 2 rings (SSSR count). The third kappa shape index (κ3) is 2.36. The second-order valence-corrected chi connectivity index (χ2v) is 3.87. The van der Waals surface area contributed by atoms with Gasteiger partial charge in [-0.15, -0.1) is 0 Å². The monoisotopic (exact) mass is 232 g/mol. The van der Waals surface area contributed by atoms with Crippen molar-refractivity contribution in [3.05, 3.63) is 45.8 Å². The predicted octanol–water partition coefficient (Wildman–Crippen LogP) is 2.16. The minimum atomic E-state index is -0.422. The number of esters is 1. The third-order valence-corrected chi connectivity index (χ3v) is 2.43. The molecule has 0 fully saturated rings. The zero-order valence-corrected chi connectivity index (χ0v) is 9.65. The maximum absolute atomic E-state index is 12.0. The molecule has 2 aromatic rings. The fourth-order valence-corrected chi connectivity index (χ4v) is 1.56. The molecule has 0 radical (unpaired) electrons. The summed E-state index contributed by atoms with van der Waals surface area (Å²) in [6.07, 6.45) is 1.34. The van der Waals surface area contributed by atoms with Crippen LogP contribution in [0.25, 0.3) is 11.0 Å². The number of rotatable bonds is 2. The van der Waals surface area contributed by atoms with Crippen molar-refractivity contribution in [1.82, 2.24) is 0 Å². The second kappa shape index (κ2) is 4.41. The molecule has 0 atom stereocenters. The van der Waals surface area contributed by atoms with Gasteiger partial charge in [-0.3, -0.25) is 9.59 Å². The van der Waals surface area contributed by atoms with E-state index in [0.717, 1.165) is 5.56 Å². The molecule has 0 unspecified atom stereocenters. The summed E-state index contributed by atoms with van der Waals surface area (Å²) in [4.78, 5) is 22.7. The van der Waals surface area contributed by atoms with Gasteiger partial charge in [-0.05, 0) is 19.1 Å². The smallest absolute Gasteiger partial charge is 0.302 e. The predicted molar refractivity (Wildman–Crippen MR) is 62.7 cm³/mol. The van der Waals surface area contributed by atoms with Crippen LogP contribution in [-0.4, -0.2) is 5.97 Å². The third-order valence-electron chi connectivity index (χ3n) is 2.43. The zero-order valence-electron chi connectivity index (χ0n) is 9.65. The first-order chi connectivity index (χ1) is 8.08. The van der Waals surface area contributed by atoms with Crippen molar-refractivity contribution in [2.75, 3.05) is 0 Å². The number of aryl methyl sites for hydroxylation is 1. The number of fused-ring (bicyclic) bond motifs is 1. The SMILES string of the molecule is CC(=O)OCc1coc2ccc(C)cc2c1=O. The van der Waals surface area contributed by atoms with E-state index in [1.165, 1.54) is 13.2 Å². The molecule has 0 amide bonds. The highest BCUT2D eigenvalue weighted by Crippen LogP contribution is 2.13. The number of carbonyl (C=O) groups is 1. The molecule has 0 aliphatic heterocycles. The fourth-order valence-electron chi connectivity index (χ4n) is 1.56. The number of benzene rings is 1. The zero-order chi connectivity index (χ0) is 12.4. The molecule has 0 spiro atoms. The van der Waals surface area contributed by atoms with Crippen molar-refractivity contribution in [2.45, 2.75) is 20.5 Å². The van der Waals surface area contributed by atoms with Gasteiger partial charge in [-0.25, -0.2) is 0 Å². The van der Waals surface area contributed by atoms with Crippen molar-refractivity contribution in [3.63, 3.8) is 0 Å². The number of carbonyl (C=O) groups excluding carboxylic acids is 1. The van der Waals surface area contributed by atoms with E-state index in [9.17, 15) is 9.59 Å². The highest BCUT2D eigenvalue weighted by molar-refractivity contribution is 5.77. The molecular formula is C13H12O4. The van der Waals surface area contributed by atoms with Gasteiger partial charge in [0.1, 0.15) is 18.5 Å². The topological polar surface area (TPSA) is 56.5 Å². The van der Waals surface area contributed by atoms with Crippen molar-refractivity contribution in [2.24, 2.45) is 0 Å². The van der Waals surface area contributed by atoms with Crippen LogP contribution >= 0.6 is 0 Å². The van der Waals surface area contributed by atoms with E-state index < -0.39 is 5.97 Å². The number of ether oxygens (including phenoxy) is 1. The minimum Gasteiger partial charge on any atom is -0.464 e. The summed E-state index contributed by atoms with van der Waals surface area (Å²) in [6, 6.07) is 5.39. The van der Waals surface area contributed by atoms with Crippen molar-refractivity contribution >= 4 is 16.9 Å². The van der Waals surface area contributed by atoms with Gasteiger partial charge in [0.15, 0.2) is 5.43 Å². The van der Waals surface area contributed by atoms with Gasteiger partial charge in [0.05, 0.1) is 10.9 Å². The van der Waals surface area contributed by atoms with Crippen molar-refractivity contribution in [3.8, 4) is 0 Å². The van der Waals surface area contributed by atoms with Gasteiger partial charge in [0.25, 0.3) is 0 Å². The van der Waals surface area contributed by atoms with E-state index in [1.807, 2.05) is 13.0 Å². The summed E-state index contributed by atoms with van der Waals surface area (Å²) in [6.45, 7) is 3.14. The van der Waals surface area contributed by atoms with E-state index in [2.05, 4.69) is 0 Å². The molecule has 1 heterocycles. The lowest BCUT2D eigenvalue weighted by atomic mass is 10.1.